The van der Waals surface area contributed by atoms with Crippen molar-refractivity contribution in [2.24, 2.45) is 17.8 Å². The summed E-state index contributed by atoms with van der Waals surface area (Å²) in [7, 11) is 0. The minimum absolute atomic E-state index is 0.307. The van der Waals surface area contributed by atoms with E-state index in [0.29, 0.717) is 24.5 Å². The predicted molar refractivity (Wildman–Crippen MR) is 93.9 cm³/mol. The largest absolute Gasteiger partial charge is 0.385 e. The lowest BCUT2D eigenvalue weighted by Gasteiger charge is -2.37. The lowest BCUT2D eigenvalue weighted by Crippen LogP contribution is -3.28. The van der Waals surface area contributed by atoms with Gasteiger partial charge in [0.1, 0.15) is 38.8 Å². The van der Waals surface area contributed by atoms with Crippen molar-refractivity contribution in [1.29, 1.82) is 0 Å². The Bertz CT molecular complexity index is 329. The Morgan fingerprint density at radius 2 is 1.74 bits per heavy atom. The molecule has 3 N–H and O–H groups in total. The molecular formula is C19H40N2O2+2. The Kier molecular flexibility index (Phi) is 7.80. The number of nitrogens with one attached hydrogen (secondary N) is 2. The molecule has 1 saturated heterocycles. The van der Waals surface area contributed by atoms with Crippen molar-refractivity contribution in [3.8, 4) is 0 Å². The van der Waals surface area contributed by atoms with Gasteiger partial charge in [0, 0.05) is 0 Å². The van der Waals surface area contributed by atoms with E-state index in [1.165, 1.54) is 52.0 Å². The van der Waals surface area contributed by atoms with E-state index in [1.54, 1.807) is 9.80 Å². The molecule has 1 saturated carbocycles. The van der Waals surface area contributed by atoms with Crippen molar-refractivity contribution in [2.75, 3.05) is 45.9 Å². The Hall–Kier alpha value is -0.160. The second kappa shape index (κ2) is 9.36. The minimum Gasteiger partial charge on any atom is -0.385 e. The first-order valence-electron chi connectivity index (χ1n) is 9.96. The summed E-state index contributed by atoms with van der Waals surface area (Å²) in [5.74, 6) is 2.12. The van der Waals surface area contributed by atoms with E-state index in [9.17, 15) is 5.11 Å². The molecule has 23 heavy (non-hydrogen) atoms. The highest BCUT2D eigenvalue weighted by molar-refractivity contribution is 4.81. The van der Waals surface area contributed by atoms with Crippen molar-refractivity contribution in [3.05, 3.63) is 0 Å². The Balaban J connectivity index is 1.71. The molecule has 2 fully saturated rings. The summed E-state index contributed by atoms with van der Waals surface area (Å²) >= 11 is 0. The summed E-state index contributed by atoms with van der Waals surface area (Å²) in [5, 5.41) is 10.4. The molecule has 0 amide bonds. The van der Waals surface area contributed by atoms with Gasteiger partial charge < -0.3 is 19.6 Å². The molecule has 136 valence electrons. The number of ether oxygens (including phenoxy) is 1. The molecule has 0 spiro atoms. The van der Waals surface area contributed by atoms with E-state index >= 15 is 0 Å². The van der Waals surface area contributed by atoms with Crippen molar-refractivity contribution >= 4 is 0 Å². The van der Waals surface area contributed by atoms with Gasteiger partial charge in [-0.25, -0.2) is 0 Å². The maximum absolute atomic E-state index is 10.4. The highest BCUT2D eigenvalue weighted by atomic mass is 16.5. The Labute approximate surface area is 143 Å². The monoisotopic (exact) mass is 328 g/mol. The highest BCUT2D eigenvalue weighted by Gasteiger charge is 2.32. The molecule has 4 nitrogen and oxygen atoms in total. The summed E-state index contributed by atoms with van der Waals surface area (Å²) in [6.45, 7) is 16.7. The zero-order chi connectivity index (χ0) is 16.8. The van der Waals surface area contributed by atoms with Crippen molar-refractivity contribution in [3.63, 3.8) is 0 Å². The molecule has 0 aromatic rings. The third-order valence-electron chi connectivity index (χ3n) is 6.15. The summed E-state index contributed by atoms with van der Waals surface area (Å²) in [4.78, 5) is 3.26. The van der Waals surface area contributed by atoms with Crippen LogP contribution >= 0.6 is 0 Å². The van der Waals surface area contributed by atoms with E-state index in [4.69, 9.17) is 4.74 Å². The van der Waals surface area contributed by atoms with Gasteiger partial charge in [0.05, 0.1) is 19.3 Å². The van der Waals surface area contributed by atoms with Gasteiger partial charge in [0.2, 0.25) is 0 Å². The second-order valence-electron chi connectivity index (χ2n) is 8.41. The van der Waals surface area contributed by atoms with Crippen LogP contribution in [0.2, 0.25) is 0 Å². The number of likely N-dealkylation sites (N-methyl/N-ethyl adjacent to an activating group) is 1. The first-order chi connectivity index (χ1) is 11.0. The van der Waals surface area contributed by atoms with Crippen molar-refractivity contribution in [2.45, 2.75) is 59.2 Å². The molecule has 2 aliphatic rings. The summed E-state index contributed by atoms with van der Waals surface area (Å²) < 4.78 is 6.20. The molecular weight excluding hydrogens is 288 g/mol. The molecule has 1 aliphatic carbocycles. The third-order valence-corrected chi connectivity index (χ3v) is 6.15. The van der Waals surface area contributed by atoms with E-state index in [2.05, 4.69) is 27.7 Å². The zero-order valence-corrected chi connectivity index (χ0v) is 15.8. The molecule has 0 bridgehead atoms. The molecule has 1 aliphatic heterocycles. The molecule has 2 rings (SSSR count). The molecule has 4 heteroatoms. The van der Waals surface area contributed by atoms with Crippen LogP contribution in [-0.2, 0) is 4.74 Å². The molecule has 1 heterocycles. The molecule has 0 aromatic carbocycles. The standard InChI is InChI=1S/C19H38N2O2/c1-5-20-8-10-21(11-9-20)13-17(22)14-23-19-12-16(4)6-7-18(19)15(2)3/h15-19,22H,5-14H2,1-4H3/p+2/t16-,17-,18-,19+/m1/s1. The number of aliphatic hydroxyl groups excluding tert-OH is 1. The number of quaternary nitrogens is 2. The lowest BCUT2D eigenvalue weighted by atomic mass is 9.75. The van der Waals surface area contributed by atoms with Gasteiger partial charge in [-0.1, -0.05) is 27.2 Å². The maximum atomic E-state index is 10.4. The van der Waals surface area contributed by atoms with Crippen LogP contribution in [0.15, 0.2) is 0 Å². The van der Waals surface area contributed by atoms with Crippen LogP contribution in [0.5, 0.6) is 0 Å². The number of hydrogen-bond acceptors (Lipinski definition) is 2. The molecule has 0 radical (unpaired) electrons. The van der Waals surface area contributed by atoms with E-state index in [-0.39, 0.29) is 6.10 Å². The van der Waals surface area contributed by atoms with Gasteiger partial charge in [-0.15, -0.1) is 0 Å². The van der Waals surface area contributed by atoms with Crippen LogP contribution in [-0.4, -0.2) is 63.2 Å². The van der Waals surface area contributed by atoms with Crippen LogP contribution in [0.4, 0.5) is 0 Å². The SMILES string of the molecule is CC[NH+]1CC[NH+](C[C@@H](O)CO[C@H]2C[C@H](C)CC[C@@H]2C(C)C)CC1. The normalized spacial score (nSPS) is 37.0. The summed E-state index contributed by atoms with van der Waals surface area (Å²) in [6.07, 6.45) is 3.83. The second-order valence-corrected chi connectivity index (χ2v) is 8.41. The number of aliphatic hydroxyl groups is 1. The minimum atomic E-state index is -0.307. The van der Waals surface area contributed by atoms with Crippen molar-refractivity contribution in [1.82, 2.24) is 0 Å². The highest BCUT2D eigenvalue weighted by Crippen LogP contribution is 2.35. The van der Waals surface area contributed by atoms with Gasteiger partial charge >= 0.3 is 0 Å². The van der Waals surface area contributed by atoms with Gasteiger partial charge in [0.25, 0.3) is 0 Å². The average Bonchev–Trinajstić information content (AvgIpc) is 2.53. The topological polar surface area (TPSA) is 38.3 Å². The quantitative estimate of drug-likeness (QED) is 0.597. The fourth-order valence-electron chi connectivity index (χ4n) is 4.45. The molecule has 0 unspecified atom stereocenters. The van der Waals surface area contributed by atoms with Gasteiger partial charge in [-0.05, 0) is 37.5 Å². The fourth-order valence-corrected chi connectivity index (χ4v) is 4.45. The van der Waals surface area contributed by atoms with Crippen LogP contribution < -0.4 is 9.80 Å². The third kappa shape index (κ3) is 6.00. The first kappa shape index (κ1) is 19.2. The Morgan fingerprint density at radius 1 is 1.09 bits per heavy atom. The fraction of sp³-hybridized carbons (Fsp3) is 1.00. The van der Waals surface area contributed by atoms with E-state index < -0.39 is 0 Å². The number of rotatable bonds is 7. The van der Waals surface area contributed by atoms with Crippen LogP contribution in [0.1, 0.15) is 47.0 Å². The van der Waals surface area contributed by atoms with Gasteiger partial charge in [-0.3, -0.25) is 0 Å². The predicted octanol–water partition coefficient (Wildman–Crippen LogP) is -0.372. The molecule has 0 aromatic heterocycles. The summed E-state index contributed by atoms with van der Waals surface area (Å²) in [5.41, 5.74) is 0. The van der Waals surface area contributed by atoms with Gasteiger partial charge in [0.15, 0.2) is 0 Å². The van der Waals surface area contributed by atoms with Crippen LogP contribution in [0.3, 0.4) is 0 Å². The smallest absolute Gasteiger partial charge is 0.127 e. The average molecular weight is 329 g/mol. The van der Waals surface area contributed by atoms with Gasteiger partial charge in [-0.2, -0.15) is 0 Å². The molecule has 4 atom stereocenters. The van der Waals surface area contributed by atoms with E-state index in [0.717, 1.165) is 12.5 Å². The lowest BCUT2D eigenvalue weighted by molar-refractivity contribution is -1.01. The number of hydrogen-bond donors (Lipinski definition) is 3. The zero-order valence-electron chi connectivity index (χ0n) is 15.8. The van der Waals surface area contributed by atoms with E-state index in [1.807, 2.05) is 0 Å². The van der Waals surface area contributed by atoms with Crippen LogP contribution in [0.25, 0.3) is 0 Å². The number of piperazine rings is 1. The maximum Gasteiger partial charge on any atom is 0.127 e. The first-order valence-corrected chi connectivity index (χ1v) is 9.96. The van der Waals surface area contributed by atoms with Crippen LogP contribution in [0, 0.1) is 17.8 Å². The Morgan fingerprint density at radius 3 is 2.35 bits per heavy atom. The summed E-state index contributed by atoms with van der Waals surface area (Å²) in [6, 6.07) is 0. The van der Waals surface area contributed by atoms with Crippen molar-refractivity contribution < 1.29 is 19.6 Å².